The average molecular weight is 304 g/mol. The molecule has 0 radical (unpaired) electrons. The van der Waals surface area contributed by atoms with Gasteiger partial charge in [0.2, 0.25) is 0 Å². The smallest absolute Gasteiger partial charge is 0.0502 e. The Morgan fingerprint density at radius 1 is 1.10 bits per heavy atom. The van der Waals surface area contributed by atoms with Gasteiger partial charge in [-0.15, -0.1) is 0 Å². The standard InChI is InChI=1S/C18H22ClNO/c1-3-20-13-16-8-9-17(19)12-18(16)15-6-4-14(5-7-15)10-11-21-2/h4-9,12,20H,3,10-11,13H2,1-2H3. The van der Waals surface area contributed by atoms with Crippen molar-refractivity contribution in [2.75, 3.05) is 20.3 Å². The molecule has 0 saturated heterocycles. The second-order valence-corrected chi connectivity index (χ2v) is 5.46. The van der Waals surface area contributed by atoms with E-state index in [1.165, 1.54) is 22.3 Å². The molecule has 0 heterocycles. The molecule has 3 heteroatoms. The number of ether oxygens (including phenoxy) is 1. The number of halogens is 1. The monoisotopic (exact) mass is 303 g/mol. The molecule has 0 aliphatic rings. The maximum Gasteiger partial charge on any atom is 0.0502 e. The van der Waals surface area contributed by atoms with Crippen molar-refractivity contribution in [2.24, 2.45) is 0 Å². The Morgan fingerprint density at radius 3 is 2.52 bits per heavy atom. The number of methoxy groups -OCH3 is 1. The van der Waals surface area contributed by atoms with Gasteiger partial charge >= 0.3 is 0 Å². The van der Waals surface area contributed by atoms with Crippen LogP contribution in [-0.4, -0.2) is 20.3 Å². The van der Waals surface area contributed by atoms with Crippen LogP contribution in [0.5, 0.6) is 0 Å². The molecule has 0 atom stereocenters. The van der Waals surface area contributed by atoms with Crippen molar-refractivity contribution >= 4 is 11.6 Å². The van der Waals surface area contributed by atoms with Gasteiger partial charge in [0, 0.05) is 18.7 Å². The largest absolute Gasteiger partial charge is 0.384 e. The van der Waals surface area contributed by atoms with Crippen LogP contribution in [-0.2, 0) is 17.7 Å². The minimum absolute atomic E-state index is 0.752. The van der Waals surface area contributed by atoms with Gasteiger partial charge in [0.15, 0.2) is 0 Å². The van der Waals surface area contributed by atoms with Crippen molar-refractivity contribution in [3.63, 3.8) is 0 Å². The van der Waals surface area contributed by atoms with E-state index in [0.29, 0.717) is 0 Å². The van der Waals surface area contributed by atoms with E-state index in [-0.39, 0.29) is 0 Å². The van der Waals surface area contributed by atoms with Crippen molar-refractivity contribution in [3.8, 4) is 11.1 Å². The maximum atomic E-state index is 6.16. The molecule has 0 aromatic heterocycles. The van der Waals surface area contributed by atoms with E-state index < -0.39 is 0 Å². The van der Waals surface area contributed by atoms with Crippen molar-refractivity contribution in [1.29, 1.82) is 0 Å². The van der Waals surface area contributed by atoms with Crippen molar-refractivity contribution in [2.45, 2.75) is 19.9 Å². The Kier molecular flexibility index (Phi) is 6.24. The van der Waals surface area contributed by atoms with Crippen LogP contribution in [0, 0.1) is 0 Å². The van der Waals surface area contributed by atoms with Crippen LogP contribution in [0.15, 0.2) is 42.5 Å². The first-order valence-electron chi connectivity index (χ1n) is 7.32. The predicted molar refractivity (Wildman–Crippen MR) is 89.8 cm³/mol. The predicted octanol–water partition coefficient (Wildman–Crippen LogP) is 4.31. The van der Waals surface area contributed by atoms with E-state index in [4.69, 9.17) is 16.3 Å². The first-order valence-corrected chi connectivity index (χ1v) is 7.69. The molecule has 0 amide bonds. The van der Waals surface area contributed by atoms with Gasteiger partial charge in [-0.3, -0.25) is 0 Å². The quantitative estimate of drug-likeness (QED) is 0.823. The van der Waals surface area contributed by atoms with E-state index in [9.17, 15) is 0 Å². The topological polar surface area (TPSA) is 21.3 Å². The summed E-state index contributed by atoms with van der Waals surface area (Å²) in [6.45, 7) is 4.68. The Balaban J connectivity index is 2.25. The first-order chi connectivity index (χ1) is 10.2. The molecule has 2 rings (SSSR count). The molecule has 112 valence electrons. The highest BCUT2D eigenvalue weighted by molar-refractivity contribution is 6.30. The first kappa shape index (κ1) is 16.0. The van der Waals surface area contributed by atoms with Gasteiger partial charge in [-0.2, -0.15) is 0 Å². The van der Waals surface area contributed by atoms with Crippen LogP contribution in [0.4, 0.5) is 0 Å². The van der Waals surface area contributed by atoms with E-state index in [1.807, 2.05) is 12.1 Å². The van der Waals surface area contributed by atoms with Gasteiger partial charge in [-0.05, 0) is 47.4 Å². The highest BCUT2D eigenvalue weighted by Gasteiger charge is 2.06. The summed E-state index contributed by atoms with van der Waals surface area (Å²) < 4.78 is 5.11. The van der Waals surface area contributed by atoms with Gasteiger partial charge in [0.25, 0.3) is 0 Å². The van der Waals surface area contributed by atoms with Crippen molar-refractivity contribution in [3.05, 3.63) is 58.6 Å². The Hall–Kier alpha value is -1.35. The Bertz CT molecular complexity index is 566. The summed E-state index contributed by atoms with van der Waals surface area (Å²) in [5.41, 5.74) is 4.95. The molecule has 21 heavy (non-hydrogen) atoms. The third-order valence-corrected chi connectivity index (χ3v) is 3.73. The zero-order valence-electron chi connectivity index (χ0n) is 12.7. The van der Waals surface area contributed by atoms with Gasteiger partial charge in [0.05, 0.1) is 6.61 Å². The van der Waals surface area contributed by atoms with E-state index >= 15 is 0 Å². The molecule has 0 spiro atoms. The third-order valence-electron chi connectivity index (χ3n) is 3.50. The summed E-state index contributed by atoms with van der Waals surface area (Å²) >= 11 is 6.16. The molecule has 1 N–H and O–H groups in total. The summed E-state index contributed by atoms with van der Waals surface area (Å²) in [5.74, 6) is 0. The average Bonchev–Trinajstić information content (AvgIpc) is 2.52. The molecule has 0 aliphatic carbocycles. The van der Waals surface area contributed by atoms with Crippen LogP contribution < -0.4 is 5.32 Å². The lowest BCUT2D eigenvalue weighted by molar-refractivity contribution is 0.202. The van der Waals surface area contributed by atoms with Crippen molar-refractivity contribution in [1.82, 2.24) is 5.32 Å². The van der Waals surface area contributed by atoms with Gasteiger partial charge in [-0.25, -0.2) is 0 Å². The molecular weight excluding hydrogens is 282 g/mol. The third kappa shape index (κ3) is 4.57. The number of hydrogen-bond acceptors (Lipinski definition) is 2. The molecule has 2 nitrogen and oxygen atoms in total. The Labute approximate surface area is 132 Å². The minimum Gasteiger partial charge on any atom is -0.384 e. The normalized spacial score (nSPS) is 10.8. The lowest BCUT2D eigenvalue weighted by Crippen LogP contribution is -2.12. The second kappa shape index (κ2) is 8.18. The van der Waals surface area contributed by atoms with Crippen LogP contribution in [0.3, 0.4) is 0 Å². The van der Waals surface area contributed by atoms with Crippen molar-refractivity contribution < 1.29 is 4.74 Å². The van der Waals surface area contributed by atoms with E-state index in [2.05, 4.69) is 42.6 Å². The molecule has 2 aromatic carbocycles. The number of benzene rings is 2. The summed E-state index contributed by atoms with van der Waals surface area (Å²) in [5, 5.41) is 4.15. The lowest BCUT2D eigenvalue weighted by Gasteiger charge is -2.12. The zero-order valence-corrected chi connectivity index (χ0v) is 13.4. The molecular formula is C18H22ClNO. The highest BCUT2D eigenvalue weighted by Crippen LogP contribution is 2.27. The molecule has 0 unspecified atom stereocenters. The molecule has 0 fully saturated rings. The highest BCUT2D eigenvalue weighted by atomic mass is 35.5. The minimum atomic E-state index is 0.752. The summed E-state index contributed by atoms with van der Waals surface area (Å²) in [6.07, 6.45) is 0.941. The van der Waals surface area contributed by atoms with Gasteiger partial charge < -0.3 is 10.1 Å². The fraction of sp³-hybridized carbons (Fsp3) is 0.333. The van der Waals surface area contributed by atoms with Gasteiger partial charge in [0.1, 0.15) is 0 Å². The summed E-state index contributed by atoms with van der Waals surface area (Å²) in [7, 11) is 1.73. The molecule has 0 aliphatic heterocycles. The van der Waals surface area contributed by atoms with Gasteiger partial charge in [-0.1, -0.05) is 48.9 Å². The number of rotatable bonds is 7. The SMILES string of the molecule is CCNCc1ccc(Cl)cc1-c1ccc(CCOC)cc1. The molecule has 0 bridgehead atoms. The van der Waals surface area contributed by atoms with Crippen LogP contribution in [0.25, 0.3) is 11.1 Å². The lowest BCUT2D eigenvalue weighted by atomic mass is 9.98. The maximum absolute atomic E-state index is 6.16. The molecule has 2 aromatic rings. The fourth-order valence-corrected chi connectivity index (χ4v) is 2.47. The second-order valence-electron chi connectivity index (χ2n) is 5.02. The summed E-state index contributed by atoms with van der Waals surface area (Å²) in [4.78, 5) is 0. The Morgan fingerprint density at radius 2 is 1.86 bits per heavy atom. The van der Waals surface area contributed by atoms with E-state index in [0.717, 1.165) is 31.1 Å². The number of nitrogens with one attached hydrogen (secondary N) is 1. The van der Waals surface area contributed by atoms with E-state index in [1.54, 1.807) is 7.11 Å². The van der Waals surface area contributed by atoms with Crippen LogP contribution >= 0.6 is 11.6 Å². The zero-order chi connectivity index (χ0) is 15.1. The van der Waals surface area contributed by atoms with Crippen LogP contribution in [0.2, 0.25) is 5.02 Å². The molecule has 0 saturated carbocycles. The fourth-order valence-electron chi connectivity index (χ4n) is 2.30. The number of hydrogen-bond donors (Lipinski definition) is 1. The summed E-state index contributed by atoms with van der Waals surface area (Å²) in [6, 6.07) is 14.7. The van der Waals surface area contributed by atoms with Crippen LogP contribution in [0.1, 0.15) is 18.1 Å².